The molecule has 1 aliphatic rings. The van der Waals surface area contributed by atoms with Gasteiger partial charge in [-0.2, -0.15) is 5.26 Å². The molecule has 0 spiro atoms. The Bertz CT molecular complexity index is 502. The van der Waals surface area contributed by atoms with E-state index in [9.17, 15) is 10.2 Å². The predicted molar refractivity (Wildman–Crippen MR) is 83.1 cm³/mol. The van der Waals surface area contributed by atoms with Gasteiger partial charge in [0, 0.05) is 23.8 Å². The Kier molecular flexibility index (Phi) is 5.60. The highest BCUT2D eigenvalue weighted by Gasteiger charge is 2.24. The first kappa shape index (κ1) is 15.8. The van der Waals surface area contributed by atoms with E-state index in [1.807, 2.05) is 12.1 Å². The highest BCUT2D eigenvalue weighted by atomic mass is 16.3. The van der Waals surface area contributed by atoms with Crippen LogP contribution in [-0.2, 0) is 0 Å². The Morgan fingerprint density at radius 2 is 2.05 bits per heavy atom. The molecular formula is C17H24N2O2. The maximum atomic E-state index is 10.0. The smallest absolute Gasteiger partial charge is 0.0992 e. The number of nitrogens with zero attached hydrogens (tertiary/aromatic N) is 2. The molecule has 1 saturated carbocycles. The number of benzene rings is 1. The van der Waals surface area contributed by atoms with Crippen LogP contribution in [0.3, 0.4) is 0 Å². The maximum Gasteiger partial charge on any atom is 0.0992 e. The van der Waals surface area contributed by atoms with Crippen LogP contribution in [0.4, 0.5) is 5.69 Å². The van der Waals surface area contributed by atoms with Gasteiger partial charge in [0.1, 0.15) is 0 Å². The molecule has 21 heavy (non-hydrogen) atoms. The fourth-order valence-corrected chi connectivity index (χ4v) is 3.22. The number of aliphatic hydroxyl groups is 2. The molecule has 2 N–H and O–H groups in total. The van der Waals surface area contributed by atoms with Gasteiger partial charge in [-0.05, 0) is 31.9 Å². The van der Waals surface area contributed by atoms with Gasteiger partial charge >= 0.3 is 0 Å². The Morgan fingerprint density at radius 1 is 1.33 bits per heavy atom. The van der Waals surface area contributed by atoms with Crippen LogP contribution in [0.25, 0.3) is 0 Å². The van der Waals surface area contributed by atoms with Gasteiger partial charge in [0.25, 0.3) is 0 Å². The van der Waals surface area contributed by atoms with Crippen LogP contribution in [-0.4, -0.2) is 29.4 Å². The highest BCUT2D eigenvalue weighted by molar-refractivity contribution is 5.59. The number of anilines is 1. The summed E-state index contributed by atoms with van der Waals surface area (Å²) >= 11 is 0. The monoisotopic (exact) mass is 288 g/mol. The zero-order valence-electron chi connectivity index (χ0n) is 12.6. The molecule has 4 heteroatoms. The average Bonchev–Trinajstić information content (AvgIpc) is 2.52. The van der Waals surface area contributed by atoms with E-state index < -0.39 is 6.10 Å². The molecule has 2 rings (SSSR count). The van der Waals surface area contributed by atoms with E-state index in [-0.39, 0.29) is 6.61 Å². The lowest BCUT2D eigenvalue weighted by Crippen LogP contribution is -2.39. The second kappa shape index (κ2) is 7.44. The van der Waals surface area contributed by atoms with Crippen molar-refractivity contribution in [3.05, 3.63) is 29.3 Å². The van der Waals surface area contributed by atoms with Gasteiger partial charge in [-0.3, -0.25) is 0 Å². The van der Waals surface area contributed by atoms with Gasteiger partial charge in [0.15, 0.2) is 0 Å². The quantitative estimate of drug-likeness (QED) is 0.874. The summed E-state index contributed by atoms with van der Waals surface area (Å²) in [5, 5.41) is 28.6. The van der Waals surface area contributed by atoms with Gasteiger partial charge in [-0.15, -0.1) is 0 Å². The first-order valence-electron chi connectivity index (χ1n) is 7.77. The van der Waals surface area contributed by atoms with Crippen LogP contribution in [0.2, 0.25) is 0 Å². The van der Waals surface area contributed by atoms with E-state index in [2.05, 4.69) is 11.0 Å². The van der Waals surface area contributed by atoms with Crippen LogP contribution in [0.1, 0.15) is 56.3 Å². The molecule has 0 aliphatic heterocycles. The van der Waals surface area contributed by atoms with Crippen molar-refractivity contribution in [2.75, 3.05) is 18.1 Å². The number of hydrogen-bond acceptors (Lipinski definition) is 4. The Balaban J connectivity index is 2.39. The fourth-order valence-electron chi connectivity index (χ4n) is 3.22. The average molecular weight is 288 g/mol. The molecule has 1 aromatic rings. The van der Waals surface area contributed by atoms with Crippen LogP contribution in [0.15, 0.2) is 18.2 Å². The number of hydrogen-bond donors (Lipinski definition) is 2. The summed E-state index contributed by atoms with van der Waals surface area (Å²) in [6, 6.07) is 7.95. The third-order valence-electron chi connectivity index (χ3n) is 4.28. The minimum atomic E-state index is -0.586. The number of rotatable bonds is 5. The summed E-state index contributed by atoms with van der Waals surface area (Å²) in [4.78, 5) is 2.18. The molecule has 0 bridgehead atoms. The Labute approximate surface area is 126 Å². The SMILES string of the molecule is C[C@@H](O)c1ccc(C#N)cc1N(CCO)C1CCCCC1. The summed E-state index contributed by atoms with van der Waals surface area (Å²) in [6.07, 6.45) is 5.30. The topological polar surface area (TPSA) is 67.5 Å². The van der Waals surface area contributed by atoms with E-state index in [1.165, 1.54) is 19.3 Å². The molecular weight excluding hydrogens is 264 g/mol. The van der Waals surface area contributed by atoms with Gasteiger partial charge in [0.2, 0.25) is 0 Å². The van der Waals surface area contributed by atoms with Crippen LogP contribution >= 0.6 is 0 Å². The molecule has 0 saturated heterocycles. The minimum Gasteiger partial charge on any atom is -0.395 e. The zero-order valence-corrected chi connectivity index (χ0v) is 12.6. The molecule has 1 aliphatic carbocycles. The molecule has 0 radical (unpaired) electrons. The van der Waals surface area contributed by atoms with Gasteiger partial charge in [-0.1, -0.05) is 25.3 Å². The second-order valence-corrected chi connectivity index (χ2v) is 5.77. The molecule has 1 fully saturated rings. The van der Waals surface area contributed by atoms with E-state index in [1.54, 1.807) is 13.0 Å². The van der Waals surface area contributed by atoms with Crippen molar-refractivity contribution in [2.45, 2.75) is 51.2 Å². The normalized spacial score (nSPS) is 17.2. The van der Waals surface area contributed by atoms with Crippen molar-refractivity contribution in [3.63, 3.8) is 0 Å². The molecule has 0 heterocycles. The van der Waals surface area contributed by atoms with E-state index in [0.717, 1.165) is 24.1 Å². The molecule has 1 atom stereocenters. The third kappa shape index (κ3) is 3.75. The molecule has 0 amide bonds. The summed E-state index contributed by atoms with van der Waals surface area (Å²) in [5.41, 5.74) is 2.31. The standard InChI is InChI=1S/C17H24N2O2/c1-13(21)16-8-7-14(12-18)11-17(16)19(9-10-20)15-5-3-2-4-6-15/h7-8,11,13,15,20-21H,2-6,9-10H2,1H3/t13-/m1/s1. The van der Waals surface area contributed by atoms with Crippen molar-refractivity contribution in [3.8, 4) is 6.07 Å². The van der Waals surface area contributed by atoms with Crippen LogP contribution < -0.4 is 4.90 Å². The van der Waals surface area contributed by atoms with Crippen molar-refractivity contribution >= 4 is 5.69 Å². The highest BCUT2D eigenvalue weighted by Crippen LogP contribution is 2.33. The largest absolute Gasteiger partial charge is 0.395 e. The lowest BCUT2D eigenvalue weighted by atomic mass is 9.92. The van der Waals surface area contributed by atoms with E-state index in [4.69, 9.17) is 5.26 Å². The van der Waals surface area contributed by atoms with Gasteiger partial charge in [0.05, 0.1) is 24.3 Å². The van der Waals surface area contributed by atoms with Crippen LogP contribution in [0, 0.1) is 11.3 Å². The van der Waals surface area contributed by atoms with Crippen molar-refractivity contribution < 1.29 is 10.2 Å². The maximum absolute atomic E-state index is 10.0. The molecule has 114 valence electrons. The van der Waals surface area contributed by atoms with Crippen molar-refractivity contribution in [1.29, 1.82) is 5.26 Å². The predicted octanol–water partition coefficient (Wildman–Crippen LogP) is 2.74. The lowest BCUT2D eigenvalue weighted by Gasteiger charge is -2.37. The Morgan fingerprint density at radius 3 is 2.62 bits per heavy atom. The summed E-state index contributed by atoms with van der Waals surface area (Å²) in [7, 11) is 0. The first-order chi connectivity index (χ1) is 10.2. The first-order valence-corrected chi connectivity index (χ1v) is 7.77. The van der Waals surface area contributed by atoms with Crippen molar-refractivity contribution in [2.24, 2.45) is 0 Å². The number of aliphatic hydroxyl groups excluding tert-OH is 2. The van der Waals surface area contributed by atoms with E-state index in [0.29, 0.717) is 18.2 Å². The third-order valence-corrected chi connectivity index (χ3v) is 4.28. The fraction of sp³-hybridized carbons (Fsp3) is 0.588. The number of nitriles is 1. The summed E-state index contributed by atoms with van der Waals surface area (Å²) in [6.45, 7) is 2.36. The Hall–Kier alpha value is -1.57. The summed E-state index contributed by atoms with van der Waals surface area (Å²) in [5.74, 6) is 0. The second-order valence-electron chi connectivity index (χ2n) is 5.77. The molecule has 0 aromatic heterocycles. The molecule has 1 aromatic carbocycles. The summed E-state index contributed by atoms with van der Waals surface area (Å²) < 4.78 is 0. The van der Waals surface area contributed by atoms with Crippen LogP contribution in [0.5, 0.6) is 0 Å². The van der Waals surface area contributed by atoms with Gasteiger partial charge in [-0.25, -0.2) is 0 Å². The molecule has 4 nitrogen and oxygen atoms in total. The van der Waals surface area contributed by atoms with Gasteiger partial charge < -0.3 is 15.1 Å². The minimum absolute atomic E-state index is 0.0759. The van der Waals surface area contributed by atoms with Crippen molar-refractivity contribution in [1.82, 2.24) is 0 Å². The zero-order chi connectivity index (χ0) is 15.2. The molecule has 0 unspecified atom stereocenters. The lowest BCUT2D eigenvalue weighted by molar-refractivity contribution is 0.199. The van der Waals surface area contributed by atoms with E-state index >= 15 is 0 Å².